The number of halogens is 1. The van der Waals surface area contributed by atoms with Crippen molar-refractivity contribution in [2.24, 2.45) is 16.6 Å². The number of aliphatic hydroxyl groups excluding tert-OH is 1. The summed E-state index contributed by atoms with van der Waals surface area (Å²) in [5.41, 5.74) is 7.85. The van der Waals surface area contributed by atoms with E-state index >= 15 is 0 Å². The van der Waals surface area contributed by atoms with E-state index in [2.05, 4.69) is 4.99 Å². The zero-order valence-corrected chi connectivity index (χ0v) is 17.2. The molecule has 0 saturated heterocycles. The Balaban J connectivity index is 1.99. The van der Waals surface area contributed by atoms with Crippen LogP contribution in [0.25, 0.3) is 0 Å². The summed E-state index contributed by atoms with van der Waals surface area (Å²) in [6.07, 6.45) is 0. The smallest absolute Gasteiger partial charge is 0.276 e. The van der Waals surface area contributed by atoms with E-state index in [-0.39, 0.29) is 18.0 Å². The molecule has 0 fully saturated rings. The van der Waals surface area contributed by atoms with Gasteiger partial charge in [-0.1, -0.05) is 72.3 Å². The molecule has 158 valence electrons. The van der Waals surface area contributed by atoms with Gasteiger partial charge in [-0.2, -0.15) is 4.99 Å². The van der Waals surface area contributed by atoms with E-state index in [1.807, 2.05) is 6.07 Å². The number of carbonyl (C=O) groups is 2. The van der Waals surface area contributed by atoms with Gasteiger partial charge in [-0.15, -0.1) is 0 Å². The molecule has 0 aliphatic carbocycles. The molecule has 2 amide bonds. The molecule has 0 aromatic heterocycles. The number of aliphatic imine (C=N–C) groups is 1. The summed E-state index contributed by atoms with van der Waals surface area (Å²) in [6.45, 7) is -0.161. The summed E-state index contributed by atoms with van der Waals surface area (Å²) < 4.78 is 0. The monoisotopic (exact) mass is 436 g/mol. The fourth-order valence-corrected chi connectivity index (χ4v) is 3.16. The van der Waals surface area contributed by atoms with Crippen molar-refractivity contribution in [2.75, 3.05) is 0 Å². The number of hydrazine groups is 1. The van der Waals surface area contributed by atoms with E-state index in [0.717, 1.165) is 5.01 Å². The summed E-state index contributed by atoms with van der Waals surface area (Å²) in [5.74, 6) is 4.80. The third-order valence-corrected chi connectivity index (χ3v) is 4.83. The van der Waals surface area contributed by atoms with Gasteiger partial charge in [0.15, 0.2) is 6.04 Å². The number of amides is 2. The van der Waals surface area contributed by atoms with Gasteiger partial charge >= 0.3 is 0 Å². The molecule has 0 spiro atoms. The summed E-state index contributed by atoms with van der Waals surface area (Å²) in [6, 6.07) is 20.3. The van der Waals surface area contributed by atoms with Crippen LogP contribution in [0.1, 0.15) is 33.1 Å². The number of amidine groups is 1. The number of benzene rings is 3. The first-order valence-electron chi connectivity index (χ1n) is 9.37. The Hall–Kier alpha value is -3.52. The SMILES string of the molecule is NC(=NC(=O)C(c1ccc(CO)cc1)N(N)C(=O)c1cccc(Cl)c1)c1ccccc1. The Morgan fingerprint density at radius 3 is 2.23 bits per heavy atom. The van der Waals surface area contributed by atoms with Crippen molar-refractivity contribution in [3.05, 3.63) is 106 Å². The van der Waals surface area contributed by atoms with Crippen molar-refractivity contribution < 1.29 is 14.7 Å². The highest BCUT2D eigenvalue weighted by Gasteiger charge is 2.30. The highest BCUT2D eigenvalue weighted by atomic mass is 35.5. The van der Waals surface area contributed by atoms with Crippen LogP contribution in [-0.2, 0) is 11.4 Å². The lowest BCUT2D eigenvalue weighted by atomic mass is 10.0. The van der Waals surface area contributed by atoms with Gasteiger partial charge < -0.3 is 10.8 Å². The summed E-state index contributed by atoms with van der Waals surface area (Å²) in [7, 11) is 0. The molecular formula is C23H21ClN4O3. The largest absolute Gasteiger partial charge is 0.392 e. The van der Waals surface area contributed by atoms with E-state index in [0.29, 0.717) is 21.7 Å². The minimum absolute atomic E-state index is 0.00572. The number of hydrogen-bond acceptors (Lipinski definition) is 4. The number of carbonyl (C=O) groups excluding carboxylic acids is 2. The van der Waals surface area contributed by atoms with Crippen molar-refractivity contribution >= 4 is 29.3 Å². The van der Waals surface area contributed by atoms with Gasteiger partial charge in [0, 0.05) is 16.1 Å². The standard InChI is InChI=1S/C23H21ClN4O3/c24-19-8-4-7-18(13-19)23(31)28(26)20(16-11-9-15(14-29)10-12-16)22(30)27-21(25)17-5-2-1-3-6-17/h1-13,20,29H,14,26H2,(H2,25,27,30). The van der Waals surface area contributed by atoms with Gasteiger partial charge in [-0.25, -0.2) is 5.84 Å². The first-order valence-corrected chi connectivity index (χ1v) is 9.75. The molecule has 0 heterocycles. The van der Waals surface area contributed by atoms with Crippen molar-refractivity contribution in [3.63, 3.8) is 0 Å². The summed E-state index contributed by atoms with van der Waals surface area (Å²) in [4.78, 5) is 30.1. The molecule has 0 radical (unpaired) electrons. The van der Waals surface area contributed by atoms with Crippen molar-refractivity contribution in [2.45, 2.75) is 12.6 Å². The zero-order valence-electron chi connectivity index (χ0n) is 16.5. The third kappa shape index (κ3) is 5.35. The van der Waals surface area contributed by atoms with Crippen LogP contribution >= 0.6 is 11.6 Å². The highest BCUT2D eigenvalue weighted by Crippen LogP contribution is 2.24. The molecule has 0 aliphatic heterocycles. The number of hydrogen-bond donors (Lipinski definition) is 3. The molecule has 3 aromatic carbocycles. The van der Waals surface area contributed by atoms with E-state index < -0.39 is 17.9 Å². The van der Waals surface area contributed by atoms with Crippen LogP contribution < -0.4 is 11.6 Å². The molecular weight excluding hydrogens is 416 g/mol. The third-order valence-electron chi connectivity index (χ3n) is 4.60. The Labute approximate surface area is 184 Å². The number of nitrogens with zero attached hydrogens (tertiary/aromatic N) is 2. The van der Waals surface area contributed by atoms with Crippen LogP contribution in [0.5, 0.6) is 0 Å². The summed E-state index contributed by atoms with van der Waals surface area (Å²) in [5, 5.41) is 10.5. The van der Waals surface area contributed by atoms with Crippen molar-refractivity contribution in [1.82, 2.24) is 5.01 Å². The lowest BCUT2D eigenvalue weighted by molar-refractivity contribution is -0.122. The fraction of sp³-hybridized carbons (Fsp3) is 0.0870. The number of nitrogens with two attached hydrogens (primary N) is 2. The lowest BCUT2D eigenvalue weighted by Crippen LogP contribution is -2.44. The number of rotatable bonds is 6. The molecule has 0 bridgehead atoms. The molecule has 8 heteroatoms. The molecule has 7 nitrogen and oxygen atoms in total. The summed E-state index contributed by atoms with van der Waals surface area (Å²) >= 11 is 5.98. The van der Waals surface area contributed by atoms with Crippen LogP contribution in [0.3, 0.4) is 0 Å². The molecule has 5 N–H and O–H groups in total. The second-order valence-electron chi connectivity index (χ2n) is 6.73. The minimum atomic E-state index is -1.23. The maximum Gasteiger partial charge on any atom is 0.276 e. The Morgan fingerprint density at radius 1 is 0.968 bits per heavy atom. The molecule has 3 aromatic rings. The van der Waals surface area contributed by atoms with Crippen molar-refractivity contribution in [3.8, 4) is 0 Å². The Kier molecular flexibility index (Phi) is 7.15. The zero-order chi connectivity index (χ0) is 22.4. The Morgan fingerprint density at radius 2 is 1.61 bits per heavy atom. The molecule has 0 saturated carbocycles. The maximum absolute atomic E-state index is 13.1. The van der Waals surface area contributed by atoms with E-state index in [9.17, 15) is 14.7 Å². The quantitative estimate of drug-likeness (QED) is 0.180. The van der Waals surface area contributed by atoms with Crippen LogP contribution in [0.4, 0.5) is 0 Å². The number of aliphatic hydroxyl groups is 1. The van der Waals surface area contributed by atoms with Crippen molar-refractivity contribution in [1.29, 1.82) is 0 Å². The van der Waals surface area contributed by atoms with E-state index in [4.69, 9.17) is 23.2 Å². The van der Waals surface area contributed by atoms with Gasteiger partial charge in [-0.05, 0) is 29.3 Å². The highest BCUT2D eigenvalue weighted by molar-refractivity contribution is 6.31. The maximum atomic E-state index is 13.1. The average Bonchev–Trinajstić information content (AvgIpc) is 2.79. The predicted molar refractivity (Wildman–Crippen MR) is 119 cm³/mol. The topological polar surface area (TPSA) is 122 Å². The average molecular weight is 437 g/mol. The van der Waals surface area contributed by atoms with Gasteiger partial charge in [0.1, 0.15) is 5.84 Å². The molecule has 1 atom stereocenters. The lowest BCUT2D eigenvalue weighted by Gasteiger charge is -2.25. The molecule has 0 aliphatic rings. The first kappa shape index (κ1) is 22.2. The van der Waals surface area contributed by atoms with E-state index in [1.54, 1.807) is 66.7 Å². The van der Waals surface area contributed by atoms with Gasteiger partial charge in [0.25, 0.3) is 11.8 Å². The normalized spacial score (nSPS) is 12.3. The second-order valence-corrected chi connectivity index (χ2v) is 7.16. The second kappa shape index (κ2) is 9.99. The molecule has 31 heavy (non-hydrogen) atoms. The van der Waals surface area contributed by atoms with Gasteiger partial charge in [0.05, 0.1) is 6.61 Å². The molecule has 1 unspecified atom stereocenters. The van der Waals surface area contributed by atoms with Gasteiger partial charge in [-0.3, -0.25) is 14.6 Å². The molecule has 3 rings (SSSR count). The Bertz CT molecular complexity index is 1100. The minimum Gasteiger partial charge on any atom is -0.392 e. The fourth-order valence-electron chi connectivity index (χ4n) is 2.97. The van der Waals surface area contributed by atoms with Crippen LogP contribution in [0, 0.1) is 0 Å². The van der Waals surface area contributed by atoms with Crippen LogP contribution in [-0.4, -0.2) is 27.8 Å². The van der Waals surface area contributed by atoms with Crippen LogP contribution in [0.2, 0.25) is 5.02 Å². The van der Waals surface area contributed by atoms with Crippen LogP contribution in [0.15, 0.2) is 83.9 Å². The van der Waals surface area contributed by atoms with E-state index in [1.165, 1.54) is 6.07 Å². The predicted octanol–water partition coefficient (Wildman–Crippen LogP) is 2.82. The van der Waals surface area contributed by atoms with Gasteiger partial charge in [0.2, 0.25) is 0 Å². The first-order chi connectivity index (χ1) is 14.9.